The number of benzene rings is 3. The van der Waals surface area contributed by atoms with Gasteiger partial charge in [-0.2, -0.15) is 13.2 Å². The lowest BCUT2D eigenvalue weighted by Crippen LogP contribution is -2.66. The molecule has 4 rings (SSSR count). The van der Waals surface area contributed by atoms with Crippen molar-refractivity contribution >= 4 is 12.3 Å². The lowest BCUT2D eigenvalue weighted by Gasteiger charge is -2.48. The second kappa shape index (κ2) is 8.15. The van der Waals surface area contributed by atoms with Crippen LogP contribution in [0, 0.1) is 0 Å². The minimum absolute atomic E-state index is 0.0971. The predicted octanol–water partition coefficient (Wildman–Crippen LogP) is 5.06. The Balaban J connectivity index is 2.07. The topological polar surface area (TPSA) is 41.9 Å². The van der Waals surface area contributed by atoms with Crippen molar-refractivity contribution in [3.05, 3.63) is 108 Å². The first-order chi connectivity index (χ1) is 15.4. The number of aliphatic imine (C=N–C) groups is 1. The van der Waals surface area contributed by atoms with Crippen molar-refractivity contribution in [2.75, 3.05) is 7.11 Å². The summed E-state index contributed by atoms with van der Waals surface area (Å²) in [6.07, 6.45) is -3.78. The molecule has 2 unspecified atom stereocenters. The van der Waals surface area contributed by atoms with Crippen LogP contribution in [0.4, 0.5) is 13.2 Å². The molecule has 164 valence electrons. The number of hydrogen-bond acceptors (Lipinski definition) is 4. The molecule has 0 saturated heterocycles. The van der Waals surface area contributed by atoms with E-state index in [0.717, 1.165) is 18.3 Å². The molecule has 3 aromatic rings. The van der Waals surface area contributed by atoms with E-state index in [4.69, 9.17) is 4.74 Å². The fraction of sp³-hybridized carbons (Fsp3) is 0.200. The first-order valence-electron chi connectivity index (χ1n) is 10.00. The summed E-state index contributed by atoms with van der Waals surface area (Å²) < 4.78 is 51.2. The standard InChI is InChI=1S/C25H21F3N2O2/c1-32-22(31)23(20-13-7-3-8-14-20)24(25(26,27)28,21-15-9-4-10-16-21)30(18-29-23)17-19-11-5-2-6-12-19/h2-16,18H,17H2,1H3. The molecule has 0 amide bonds. The minimum Gasteiger partial charge on any atom is -0.467 e. The molecule has 0 spiro atoms. The van der Waals surface area contributed by atoms with Gasteiger partial charge in [0, 0.05) is 6.54 Å². The van der Waals surface area contributed by atoms with Crippen LogP contribution in [0.15, 0.2) is 96.0 Å². The van der Waals surface area contributed by atoms with E-state index in [1.54, 1.807) is 54.6 Å². The molecule has 0 fully saturated rings. The summed E-state index contributed by atoms with van der Waals surface area (Å²) in [7, 11) is 1.08. The Bertz CT molecular complexity index is 1100. The first kappa shape index (κ1) is 21.6. The van der Waals surface area contributed by atoms with Crippen molar-refractivity contribution in [3.63, 3.8) is 0 Å². The summed E-state index contributed by atoms with van der Waals surface area (Å²) in [5, 5.41) is 0. The van der Waals surface area contributed by atoms with Gasteiger partial charge in [-0.25, -0.2) is 9.79 Å². The van der Waals surface area contributed by atoms with Crippen LogP contribution in [-0.4, -0.2) is 30.5 Å². The van der Waals surface area contributed by atoms with Gasteiger partial charge in [-0.3, -0.25) is 0 Å². The maximum atomic E-state index is 15.4. The van der Waals surface area contributed by atoms with Gasteiger partial charge in [-0.05, 0) is 16.7 Å². The summed E-state index contributed by atoms with van der Waals surface area (Å²) in [6, 6.07) is 24.0. The molecule has 4 nitrogen and oxygen atoms in total. The molecule has 0 bridgehead atoms. The number of alkyl halides is 3. The molecule has 0 aliphatic carbocycles. The van der Waals surface area contributed by atoms with Crippen molar-refractivity contribution in [2.24, 2.45) is 4.99 Å². The van der Waals surface area contributed by atoms with Crippen LogP contribution >= 0.6 is 0 Å². The van der Waals surface area contributed by atoms with Gasteiger partial charge in [0.05, 0.1) is 13.4 Å². The summed E-state index contributed by atoms with van der Waals surface area (Å²) >= 11 is 0. The monoisotopic (exact) mass is 438 g/mol. The Hall–Kier alpha value is -3.61. The molecule has 0 aromatic heterocycles. The Morgan fingerprint density at radius 3 is 1.88 bits per heavy atom. The fourth-order valence-electron chi connectivity index (χ4n) is 4.50. The number of nitrogens with zero attached hydrogens (tertiary/aromatic N) is 2. The zero-order valence-electron chi connectivity index (χ0n) is 17.3. The van der Waals surface area contributed by atoms with Crippen LogP contribution in [-0.2, 0) is 27.2 Å². The lowest BCUT2D eigenvalue weighted by molar-refractivity contribution is -0.247. The lowest BCUT2D eigenvalue weighted by atomic mass is 9.67. The zero-order valence-corrected chi connectivity index (χ0v) is 17.3. The largest absolute Gasteiger partial charge is 0.467 e. The highest BCUT2D eigenvalue weighted by Crippen LogP contribution is 2.59. The van der Waals surface area contributed by atoms with Crippen molar-refractivity contribution in [1.82, 2.24) is 4.90 Å². The van der Waals surface area contributed by atoms with Crippen molar-refractivity contribution in [2.45, 2.75) is 23.8 Å². The SMILES string of the molecule is COC(=O)C1(c2ccccc2)N=CN(Cc2ccccc2)C1(c1ccccc1)C(F)(F)F. The van der Waals surface area contributed by atoms with Gasteiger partial charge in [-0.15, -0.1) is 0 Å². The van der Waals surface area contributed by atoms with Gasteiger partial charge >= 0.3 is 12.1 Å². The molecule has 7 heteroatoms. The predicted molar refractivity (Wildman–Crippen MR) is 115 cm³/mol. The summed E-state index contributed by atoms with van der Waals surface area (Å²) in [6.45, 7) is -0.107. The number of esters is 1. The summed E-state index contributed by atoms with van der Waals surface area (Å²) in [4.78, 5) is 18.7. The number of carbonyl (C=O) groups excluding carboxylic acids is 1. The molecule has 1 heterocycles. The van der Waals surface area contributed by atoms with Crippen molar-refractivity contribution in [3.8, 4) is 0 Å². The Morgan fingerprint density at radius 2 is 1.38 bits per heavy atom. The van der Waals surface area contributed by atoms with Crippen LogP contribution in [0.3, 0.4) is 0 Å². The fourth-order valence-corrected chi connectivity index (χ4v) is 4.50. The molecule has 0 N–H and O–H groups in total. The van der Waals surface area contributed by atoms with Crippen molar-refractivity contribution in [1.29, 1.82) is 0 Å². The molecular formula is C25H21F3N2O2. The Morgan fingerprint density at radius 1 is 0.875 bits per heavy atom. The number of ether oxygens (including phenoxy) is 1. The number of hydrogen-bond donors (Lipinski definition) is 0. The Labute approximate surface area is 184 Å². The maximum absolute atomic E-state index is 15.4. The second-order valence-corrected chi connectivity index (χ2v) is 7.50. The highest BCUT2D eigenvalue weighted by atomic mass is 19.4. The smallest absolute Gasteiger partial charge is 0.419 e. The average molecular weight is 438 g/mol. The number of carbonyl (C=O) groups is 1. The molecule has 0 saturated carbocycles. The average Bonchev–Trinajstić information content (AvgIpc) is 3.17. The molecule has 0 radical (unpaired) electrons. The van der Waals surface area contributed by atoms with E-state index < -0.39 is 23.2 Å². The third kappa shape index (κ3) is 3.07. The quantitative estimate of drug-likeness (QED) is 0.523. The van der Waals surface area contributed by atoms with E-state index in [2.05, 4.69) is 4.99 Å². The van der Waals surface area contributed by atoms with E-state index in [1.807, 2.05) is 0 Å². The van der Waals surface area contributed by atoms with E-state index in [1.165, 1.54) is 36.4 Å². The normalized spacial score (nSPS) is 22.7. The molecular weight excluding hydrogens is 417 g/mol. The zero-order chi connectivity index (χ0) is 22.8. The van der Waals surface area contributed by atoms with Crippen molar-refractivity contribution < 1.29 is 22.7 Å². The van der Waals surface area contributed by atoms with E-state index in [0.29, 0.717) is 5.56 Å². The van der Waals surface area contributed by atoms with Gasteiger partial charge < -0.3 is 9.64 Å². The van der Waals surface area contributed by atoms with E-state index >= 15 is 13.2 Å². The van der Waals surface area contributed by atoms with Gasteiger partial charge in [0.25, 0.3) is 0 Å². The second-order valence-electron chi connectivity index (χ2n) is 7.50. The van der Waals surface area contributed by atoms with E-state index in [-0.39, 0.29) is 17.7 Å². The minimum atomic E-state index is -4.90. The van der Waals surface area contributed by atoms with Gasteiger partial charge in [0.2, 0.25) is 11.1 Å². The van der Waals surface area contributed by atoms with Crippen LogP contribution in [0.2, 0.25) is 0 Å². The van der Waals surface area contributed by atoms with Crippen LogP contribution in [0.25, 0.3) is 0 Å². The molecule has 1 aliphatic heterocycles. The third-order valence-electron chi connectivity index (χ3n) is 5.82. The van der Waals surface area contributed by atoms with Crippen LogP contribution < -0.4 is 0 Å². The number of rotatable bonds is 5. The number of halogens is 3. The van der Waals surface area contributed by atoms with E-state index in [9.17, 15) is 4.79 Å². The third-order valence-corrected chi connectivity index (χ3v) is 5.82. The maximum Gasteiger partial charge on any atom is 0.419 e. The first-order valence-corrected chi connectivity index (χ1v) is 10.00. The molecule has 3 aromatic carbocycles. The van der Waals surface area contributed by atoms with Gasteiger partial charge in [0.1, 0.15) is 0 Å². The van der Waals surface area contributed by atoms with Crippen LogP contribution in [0.5, 0.6) is 0 Å². The molecule has 2 atom stereocenters. The summed E-state index contributed by atoms with van der Waals surface area (Å²) in [5.74, 6) is -1.09. The molecule has 32 heavy (non-hydrogen) atoms. The Kier molecular flexibility index (Phi) is 5.50. The number of methoxy groups -OCH3 is 1. The summed E-state index contributed by atoms with van der Waals surface area (Å²) in [5.41, 5.74) is -4.57. The highest BCUT2D eigenvalue weighted by molar-refractivity contribution is 5.90. The molecule has 1 aliphatic rings. The van der Waals surface area contributed by atoms with Crippen LogP contribution in [0.1, 0.15) is 16.7 Å². The highest BCUT2D eigenvalue weighted by Gasteiger charge is 2.77. The van der Waals surface area contributed by atoms with Gasteiger partial charge in [-0.1, -0.05) is 91.0 Å². The van der Waals surface area contributed by atoms with Gasteiger partial charge in [0.15, 0.2) is 0 Å².